The SMILES string of the molecule is CC(C)(C)OC(=O)NC(=O)OCCc1ccc(CCBr)cc1. The van der Waals surface area contributed by atoms with Crippen LogP contribution < -0.4 is 5.32 Å². The molecule has 0 aliphatic carbocycles. The first-order chi connectivity index (χ1) is 10.3. The highest BCUT2D eigenvalue weighted by molar-refractivity contribution is 9.09. The Morgan fingerprint density at radius 3 is 2.09 bits per heavy atom. The molecule has 0 radical (unpaired) electrons. The number of carbonyl (C=O) groups is 2. The molecule has 0 fully saturated rings. The zero-order chi connectivity index (χ0) is 16.6. The average Bonchev–Trinajstić information content (AvgIpc) is 2.38. The Morgan fingerprint density at radius 2 is 1.59 bits per heavy atom. The first-order valence-electron chi connectivity index (χ1n) is 7.11. The van der Waals surface area contributed by atoms with Gasteiger partial charge in [0.15, 0.2) is 0 Å². The average molecular weight is 372 g/mol. The molecule has 0 aliphatic heterocycles. The minimum Gasteiger partial charge on any atom is -0.449 e. The number of nitrogens with one attached hydrogen (secondary N) is 1. The van der Waals surface area contributed by atoms with Gasteiger partial charge < -0.3 is 9.47 Å². The predicted molar refractivity (Wildman–Crippen MR) is 88.4 cm³/mol. The number of hydrogen-bond donors (Lipinski definition) is 1. The van der Waals surface area contributed by atoms with Crippen molar-refractivity contribution in [1.29, 1.82) is 0 Å². The summed E-state index contributed by atoms with van der Waals surface area (Å²) in [6.07, 6.45) is -0.0347. The number of aryl methyl sites for hydroxylation is 1. The van der Waals surface area contributed by atoms with E-state index in [1.165, 1.54) is 5.56 Å². The molecule has 5 nitrogen and oxygen atoms in total. The third-order valence-electron chi connectivity index (χ3n) is 2.63. The minimum absolute atomic E-state index is 0.201. The number of halogens is 1. The molecular formula is C16H22BrNO4. The maximum atomic E-state index is 11.4. The van der Waals surface area contributed by atoms with Crippen molar-refractivity contribution in [2.75, 3.05) is 11.9 Å². The Bertz CT molecular complexity index is 494. The van der Waals surface area contributed by atoms with Crippen molar-refractivity contribution in [1.82, 2.24) is 5.32 Å². The van der Waals surface area contributed by atoms with E-state index in [1.54, 1.807) is 20.8 Å². The lowest BCUT2D eigenvalue weighted by molar-refractivity contribution is 0.0511. The Hall–Kier alpha value is -1.56. The van der Waals surface area contributed by atoms with Gasteiger partial charge in [-0.1, -0.05) is 40.2 Å². The van der Waals surface area contributed by atoms with Crippen LogP contribution in [0.2, 0.25) is 0 Å². The summed E-state index contributed by atoms with van der Waals surface area (Å²) in [5.41, 5.74) is 1.67. The van der Waals surface area contributed by atoms with E-state index >= 15 is 0 Å². The molecule has 2 amide bonds. The van der Waals surface area contributed by atoms with Gasteiger partial charge >= 0.3 is 12.2 Å². The number of ether oxygens (including phenoxy) is 2. The summed E-state index contributed by atoms with van der Waals surface area (Å²) in [5, 5.41) is 2.95. The standard InChI is InChI=1S/C16H22BrNO4/c1-16(2,3)22-15(20)18-14(19)21-11-9-13-6-4-12(5-7-13)8-10-17/h4-7H,8-11H2,1-3H3,(H,18,19,20). The van der Waals surface area contributed by atoms with E-state index in [2.05, 4.69) is 28.1 Å². The molecule has 0 spiro atoms. The molecule has 0 saturated heterocycles. The normalized spacial score (nSPS) is 10.9. The third kappa shape index (κ3) is 8.02. The maximum absolute atomic E-state index is 11.4. The van der Waals surface area contributed by atoms with Gasteiger partial charge in [-0.25, -0.2) is 14.9 Å². The molecule has 22 heavy (non-hydrogen) atoms. The van der Waals surface area contributed by atoms with Crippen molar-refractivity contribution in [3.05, 3.63) is 35.4 Å². The van der Waals surface area contributed by atoms with Crippen molar-refractivity contribution in [3.8, 4) is 0 Å². The molecular weight excluding hydrogens is 350 g/mol. The van der Waals surface area contributed by atoms with Gasteiger partial charge in [0.25, 0.3) is 0 Å². The summed E-state index contributed by atoms with van der Waals surface area (Å²) in [7, 11) is 0. The molecule has 0 atom stereocenters. The number of amides is 2. The van der Waals surface area contributed by atoms with Crippen molar-refractivity contribution < 1.29 is 19.1 Å². The molecule has 6 heteroatoms. The van der Waals surface area contributed by atoms with E-state index in [1.807, 2.05) is 17.4 Å². The second-order valence-corrected chi connectivity index (χ2v) is 6.56. The molecule has 122 valence electrons. The van der Waals surface area contributed by atoms with E-state index in [9.17, 15) is 9.59 Å². The highest BCUT2D eigenvalue weighted by atomic mass is 79.9. The molecule has 0 saturated carbocycles. The predicted octanol–water partition coefficient (Wildman–Crippen LogP) is 3.83. The molecule has 0 bridgehead atoms. The molecule has 1 aromatic rings. The summed E-state index contributed by atoms with van der Waals surface area (Å²) in [6, 6.07) is 8.12. The Labute approximate surface area is 139 Å². The van der Waals surface area contributed by atoms with Crippen LogP contribution in [0.5, 0.6) is 0 Å². The first kappa shape index (κ1) is 18.5. The topological polar surface area (TPSA) is 64.6 Å². The van der Waals surface area contributed by atoms with Crippen LogP contribution in [0.3, 0.4) is 0 Å². The van der Waals surface area contributed by atoms with E-state index in [-0.39, 0.29) is 6.61 Å². The third-order valence-corrected chi connectivity index (χ3v) is 3.03. The molecule has 0 aromatic heterocycles. The van der Waals surface area contributed by atoms with Gasteiger partial charge in [0.2, 0.25) is 0 Å². The van der Waals surface area contributed by atoms with Crippen molar-refractivity contribution >= 4 is 28.1 Å². The van der Waals surface area contributed by atoms with E-state index in [0.29, 0.717) is 6.42 Å². The zero-order valence-corrected chi connectivity index (χ0v) is 14.7. The van der Waals surface area contributed by atoms with Crippen molar-refractivity contribution in [2.45, 2.75) is 39.2 Å². The number of carbonyl (C=O) groups excluding carboxylic acids is 2. The molecule has 1 aromatic carbocycles. The number of imide groups is 1. The lowest BCUT2D eigenvalue weighted by Crippen LogP contribution is -2.36. The summed E-state index contributed by atoms with van der Waals surface area (Å²) in [5.74, 6) is 0. The Kier molecular flexibility index (Phi) is 7.38. The zero-order valence-electron chi connectivity index (χ0n) is 13.1. The van der Waals surface area contributed by atoms with Crippen LogP contribution in [0.25, 0.3) is 0 Å². The second-order valence-electron chi connectivity index (χ2n) is 5.77. The number of benzene rings is 1. The van der Waals surface area contributed by atoms with Crippen molar-refractivity contribution in [3.63, 3.8) is 0 Å². The number of hydrogen-bond acceptors (Lipinski definition) is 4. The minimum atomic E-state index is -0.809. The summed E-state index contributed by atoms with van der Waals surface area (Å²) < 4.78 is 9.90. The molecule has 1 rings (SSSR count). The second kappa shape index (κ2) is 8.78. The van der Waals surface area contributed by atoms with Gasteiger partial charge in [-0.3, -0.25) is 0 Å². The van der Waals surface area contributed by atoms with Crippen molar-refractivity contribution in [2.24, 2.45) is 0 Å². The van der Waals surface area contributed by atoms with Gasteiger partial charge in [0.05, 0.1) is 6.61 Å². The van der Waals surface area contributed by atoms with Gasteiger partial charge in [-0.05, 0) is 38.3 Å². The van der Waals surface area contributed by atoms with Crippen LogP contribution in [0.15, 0.2) is 24.3 Å². The fourth-order valence-electron chi connectivity index (χ4n) is 1.67. The maximum Gasteiger partial charge on any atom is 0.417 e. The van der Waals surface area contributed by atoms with Crippen LogP contribution >= 0.6 is 15.9 Å². The molecule has 0 heterocycles. The van der Waals surface area contributed by atoms with Gasteiger partial charge in [-0.15, -0.1) is 0 Å². The molecule has 1 N–H and O–H groups in total. The number of rotatable bonds is 5. The fourth-order valence-corrected chi connectivity index (χ4v) is 2.12. The number of alkyl carbamates (subject to hydrolysis) is 2. The largest absolute Gasteiger partial charge is 0.449 e. The molecule has 0 unspecified atom stereocenters. The van der Waals surface area contributed by atoms with Crippen LogP contribution in [0, 0.1) is 0 Å². The van der Waals surface area contributed by atoms with Crippen LogP contribution in [-0.4, -0.2) is 29.7 Å². The van der Waals surface area contributed by atoms with Crippen LogP contribution in [0.4, 0.5) is 9.59 Å². The summed E-state index contributed by atoms with van der Waals surface area (Å²) in [6.45, 7) is 5.36. The van der Waals surface area contributed by atoms with E-state index < -0.39 is 17.8 Å². The highest BCUT2D eigenvalue weighted by Crippen LogP contribution is 2.08. The fraction of sp³-hybridized carbons (Fsp3) is 0.500. The summed E-state index contributed by atoms with van der Waals surface area (Å²) >= 11 is 3.40. The highest BCUT2D eigenvalue weighted by Gasteiger charge is 2.18. The van der Waals surface area contributed by atoms with E-state index in [0.717, 1.165) is 17.3 Å². The monoisotopic (exact) mass is 371 g/mol. The molecule has 0 aliphatic rings. The first-order valence-corrected chi connectivity index (χ1v) is 8.23. The summed E-state index contributed by atoms with van der Waals surface area (Å²) in [4.78, 5) is 22.8. The van der Waals surface area contributed by atoms with Gasteiger partial charge in [0.1, 0.15) is 5.60 Å². The van der Waals surface area contributed by atoms with E-state index in [4.69, 9.17) is 9.47 Å². The lowest BCUT2D eigenvalue weighted by atomic mass is 10.1. The van der Waals surface area contributed by atoms with Gasteiger partial charge in [-0.2, -0.15) is 0 Å². The Balaban J connectivity index is 2.28. The Morgan fingerprint density at radius 1 is 1.05 bits per heavy atom. The van der Waals surface area contributed by atoms with Crippen LogP contribution in [-0.2, 0) is 22.3 Å². The quantitative estimate of drug-likeness (QED) is 0.798. The lowest BCUT2D eigenvalue weighted by Gasteiger charge is -2.19. The van der Waals surface area contributed by atoms with Gasteiger partial charge in [0, 0.05) is 11.8 Å². The smallest absolute Gasteiger partial charge is 0.417 e. The van der Waals surface area contributed by atoms with Crippen LogP contribution in [0.1, 0.15) is 31.9 Å². The number of alkyl halides is 1.